The minimum atomic E-state index is -0.366. The summed E-state index contributed by atoms with van der Waals surface area (Å²) >= 11 is 6.45. The molecular weight excluding hydrogens is 494 g/mol. The van der Waals surface area contributed by atoms with E-state index in [9.17, 15) is 4.79 Å². The summed E-state index contributed by atoms with van der Waals surface area (Å²) in [5.41, 5.74) is 6.71. The van der Waals surface area contributed by atoms with Gasteiger partial charge in [0.1, 0.15) is 5.82 Å². The van der Waals surface area contributed by atoms with E-state index in [1.807, 2.05) is 108 Å². The summed E-state index contributed by atoms with van der Waals surface area (Å²) in [7, 11) is 0. The van der Waals surface area contributed by atoms with Gasteiger partial charge in [0, 0.05) is 22.5 Å². The van der Waals surface area contributed by atoms with Crippen LogP contribution in [0.25, 0.3) is 11.5 Å². The van der Waals surface area contributed by atoms with E-state index in [-0.39, 0.29) is 12.1 Å². The lowest BCUT2D eigenvalue weighted by atomic mass is 10.0. The normalized spacial score (nSPS) is 14.5. The van der Waals surface area contributed by atoms with E-state index in [4.69, 9.17) is 16.7 Å². The minimum Gasteiger partial charge on any atom is -0.308 e. The fraction of sp³-hybridized carbons (Fsp3) is 0.161. The van der Waals surface area contributed by atoms with Gasteiger partial charge in [-0.1, -0.05) is 61.0 Å². The molecule has 7 heteroatoms. The highest BCUT2D eigenvalue weighted by Crippen LogP contribution is 2.39. The number of anilines is 1. The standard InChI is InChI=1S/C31H28ClN5O/c1-3-22-14-16-25(17-15-22)33-31(38)36-20-27-21(2)34-37(26-11-5-4-6-12-26)30(27)35-18-8-13-28(35)29(36)23-9-7-10-24(32)19-23/h4-19,29H,3,20H2,1-2H3,(H,33,38)/t29-/m1/s1. The number of urea groups is 1. The number of hydrogen-bond donors (Lipinski definition) is 1. The first-order valence-corrected chi connectivity index (χ1v) is 13.1. The van der Waals surface area contributed by atoms with Crippen LogP contribution >= 0.6 is 11.6 Å². The van der Waals surface area contributed by atoms with E-state index in [0.717, 1.165) is 46.1 Å². The monoisotopic (exact) mass is 521 g/mol. The Morgan fingerprint density at radius 1 is 1.00 bits per heavy atom. The SMILES string of the molecule is CCc1ccc(NC(=O)N2Cc3c(C)nn(-c4ccccc4)c3-n3cccc3[C@H]2c2cccc(Cl)c2)cc1. The molecule has 1 aliphatic rings. The molecule has 1 atom stereocenters. The van der Waals surface area contributed by atoms with Gasteiger partial charge in [0.05, 0.1) is 29.7 Å². The number of nitrogens with zero attached hydrogens (tertiary/aromatic N) is 4. The van der Waals surface area contributed by atoms with Crippen LogP contribution in [-0.2, 0) is 13.0 Å². The van der Waals surface area contributed by atoms with Gasteiger partial charge in [0.2, 0.25) is 0 Å². The molecule has 1 aliphatic heterocycles. The Morgan fingerprint density at radius 2 is 1.79 bits per heavy atom. The predicted molar refractivity (Wildman–Crippen MR) is 151 cm³/mol. The Hall–Kier alpha value is -4.29. The number of hydrogen-bond acceptors (Lipinski definition) is 2. The average molecular weight is 522 g/mol. The van der Waals surface area contributed by atoms with Gasteiger partial charge in [-0.15, -0.1) is 0 Å². The third-order valence-electron chi connectivity index (χ3n) is 7.13. The van der Waals surface area contributed by atoms with E-state index < -0.39 is 0 Å². The van der Waals surface area contributed by atoms with Gasteiger partial charge >= 0.3 is 6.03 Å². The number of fused-ring (bicyclic) bond motifs is 3. The zero-order valence-electron chi connectivity index (χ0n) is 21.3. The van der Waals surface area contributed by atoms with Gasteiger partial charge < -0.3 is 14.8 Å². The Balaban J connectivity index is 1.51. The van der Waals surface area contributed by atoms with Crippen molar-refractivity contribution in [3.05, 3.63) is 130 Å². The highest BCUT2D eigenvalue weighted by Gasteiger charge is 2.36. The van der Waals surface area contributed by atoms with Gasteiger partial charge in [-0.3, -0.25) is 0 Å². The Bertz CT molecular complexity index is 1600. The average Bonchev–Trinajstić information content (AvgIpc) is 3.50. The molecule has 0 radical (unpaired) electrons. The van der Waals surface area contributed by atoms with Crippen molar-refractivity contribution < 1.29 is 4.79 Å². The van der Waals surface area contributed by atoms with Crippen LogP contribution < -0.4 is 5.32 Å². The van der Waals surface area contributed by atoms with E-state index in [2.05, 4.69) is 22.9 Å². The number of carbonyl (C=O) groups excluding carboxylic acids is 1. The van der Waals surface area contributed by atoms with Crippen LogP contribution in [-0.4, -0.2) is 25.3 Å². The summed E-state index contributed by atoms with van der Waals surface area (Å²) in [4.78, 5) is 15.9. The van der Waals surface area contributed by atoms with Crippen molar-refractivity contribution in [2.45, 2.75) is 32.9 Å². The zero-order chi connectivity index (χ0) is 26.2. The number of halogens is 1. The number of nitrogens with one attached hydrogen (secondary N) is 1. The van der Waals surface area contributed by atoms with Gasteiger partial charge in [0.25, 0.3) is 0 Å². The fourth-order valence-corrected chi connectivity index (χ4v) is 5.39. The second-order valence-corrected chi connectivity index (χ2v) is 9.94. The Morgan fingerprint density at radius 3 is 2.53 bits per heavy atom. The van der Waals surface area contributed by atoms with Gasteiger partial charge in [-0.2, -0.15) is 5.10 Å². The van der Waals surface area contributed by atoms with Crippen molar-refractivity contribution in [3.8, 4) is 11.5 Å². The van der Waals surface area contributed by atoms with E-state index in [1.54, 1.807) is 0 Å². The molecule has 190 valence electrons. The minimum absolute atomic E-state index is 0.188. The Labute approximate surface area is 227 Å². The molecule has 0 spiro atoms. The second-order valence-electron chi connectivity index (χ2n) is 9.50. The maximum absolute atomic E-state index is 14.0. The summed E-state index contributed by atoms with van der Waals surface area (Å²) in [6, 6.07) is 29.4. The Kier molecular flexibility index (Phi) is 6.26. The van der Waals surface area contributed by atoms with Gasteiger partial charge in [-0.05, 0) is 73.0 Å². The molecule has 6 rings (SSSR count). The maximum atomic E-state index is 14.0. The second kappa shape index (κ2) is 9.88. The lowest BCUT2D eigenvalue weighted by Crippen LogP contribution is -2.38. The van der Waals surface area contributed by atoms with Crippen molar-refractivity contribution in [1.29, 1.82) is 0 Å². The lowest BCUT2D eigenvalue weighted by molar-refractivity contribution is 0.194. The smallest absolute Gasteiger partial charge is 0.308 e. The molecule has 5 aromatic rings. The molecule has 0 aliphatic carbocycles. The number of aromatic nitrogens is 3. The van der Waals surface area contributed by atoms with Gasteiger partial charge in [-0.25, -0.2) is 9.48 Å². The highest BCUT2D eigenvalue weighted by atomic mass is 35.5. The van der Waals surface area contributed by atoms with E-state index >= 15 is 0 Å². The first kappa shape index (κ1) is 24.1. The fourth-order valence-electron chi connectivity index (χ4n) is 5.20. The van der Waals surface area contributed by atoms with Crippen molar-refractivity contribution in [2.24, 2.45) is 0 Å². The third kappa shape index (κ3) is 4.27. The van der Waals surface area contributed by atoms with Gasteiger partial charge in [0.15, 0.2) is 0 Å². The van der Waals surface area contributed by atoms with E-state index in [1.165, 1.54) is 5.56 Å². The molecule has 1 N–H and O–H groups in total. The quantitative estimate of drug-likeness (QED) is 0.269. The largest absolute Gasteiger partial charge is 0.322 e. The van der Waals surface area contributed by atoms with Crippen LogP contribution in [0.15, 0.2) is 97.2 Å². The molecule has 0 saturated heterocycles. The summed E-state index contributed by atoms with van der Waals surface area (Å²) in [5, 5.41) is 8.67. The highest BCUT2D eigenvalue weighted by molar-refractivity contribution is 6.30. The number of amides is 2. The summed E-state index contributed by atoms with van der Waals surface area (Å²) in [5.74, 6) is 0.934. The van der Waals surface area contributed by atoms with Crippen LogP contribution in [0.4, 0.5) is 10.5 Å². The molecule has 38 heavy (non-hydrogen) atoms. The van der Waals surface area contributed by atoms with Crippen LogP contribution in [0, 0.1) is 6.92 Å². The molecule has 3 aromatic carbocycles. The number of carbonyl (C=O) groups is 1. The molecule has 2 amide bonds. The van der Waals surface area contributed by atoms with Crippen LogP contribution in [0.2, 0.25) is 5.02 Å². The van der Waals surface area contributed by atoms with Crippen molar-refractivity contribution in [2.75, 3.05) is 5.32 Å². The van der Waals surface area contributed by atoms with Crippen LogP contribution in [0.5, 0.6) is 0 Å². The topological polar surface area (TPSA) is 55.1 Å². The first-order valence-electron chi connectivity index (χ1n) is 12.8. The summed E-state index contributed by atoms with van der Waals surface area (Å²) < 4.78 is 4.12. The third-order valence-corrected chi connectivity index (χ3v) is 7.36. The van der Waals surface area contributed by atoms with Crippen LogP contribution in [0.1, 0.15) is 41.0 Å². The van der Waals surface area contributed by atoms with Crippen molar-refractivity contribution >= 4 is 23.3 Å². The molecule has 0 unspecified atom stereocenters. The van der Waals surface area contributed by atoms with E-state index in [0.29, 0.717) is 11.6 Å². The molecular formula is C31H28ClN5O. The molecule has 3 heterocycles. The molecule has 0 fully saturated rings. The molecule has 2 aromatic heterocycles. The van der Waals surface area contributed by atoms with Crippen molar-refractivity contribution in [1.82, 2.24) is 19.2 Å². The molecule has 6 nitrogen and oxygen atoms in total. The summed E-state index contributed by atoms with van der Waals surface area (Å²) in [6.07, 6.45) is 2.98. The number of aryl methyl sites for hydroxylation is 2. The molecule has 0 bridgehead atoms. The maximum Gasteiger partial charge on any atom is 0.322 e. The first-order chi connectivity index (χ1) is 18.5. The number of rotatable bonds is 4. The lowest BCUT2D eigenvalue weighted by Gasteiger charge is -2.31. The van der Waals surface area contributed by atoms with Crippen LogP contribution in [0.3, 0.4) is 0 Å². The van der Waals surface area contributed by atoms with Crippen molar-refractivity contribution in [3.63, 3.8) is 0 Å². The predicted octanol–water partition coefficient (Wildman–Crippen LogP) is 7.32. The zero-order valence-corrected chi connectivity index (χ0v) is 22.1. The summed E-state index contributed by atoms with van der Waals surface area (Å²) in [6.45, 7) is 4.50. The number of para-hydroxylation sites is 1. The number of benzene rings is 3. The molecule has 0 saturated carbocycles.